The first kappa shape index (κ1) is 15.4. The smallest absolute Gasteiger partial charge is 0.340 e. The predicted molar refractivity (Wildman–Crippen MR) is 69.3 cm³/mol. The third kappa shape index (κ3) is 4.18. The fourth-order valence-electron chi connectivity index (χ4n) is 1.74. The van der Waals surface area contributed by atoms with Crippen molar-refractivity contribution in [3.05, 3.63) is 29.6 Å². The molecule has 0 saturated heterocycles. The second-order valence-electron chi connectivity index (χ2n) is 3.91. The van der Waals surface area contributed by atoms with Crippen molar-refractivity contribution >= 4 is 11.7 Å². The van der Waals surface area contributed by atoms with Crippen LogP contribution in [0.3, 0.4) is 0 Å². The molecule has 0 saturated carbocycles. The molecule has 0 aliphatic rings. The quantitative estimate of drug-likeness (QED) is 0.778. The Hall–Kier alpha value is -1.66. The number of methoxy groups -OCH3 is 2. The first-order valence-corrected chi connectivity index (χ1v) is 5.86. The van der Waals surface area contributed by atoms with Crippen molar-refractivity contribution in [3.63, 3.8) is 0 Å². The molecule has 0 bridgehead atoms. The van der Waals surface area contributed by atoms with Crippen molar-refractivity contribution < 1.29 is 23.8 Å². The van der Waals surface area contributed by atoms with Gasteiger partial charge in [-0.25, -0.2) is 9.18 Å². The first-order chi connectivity index (χ1) is 9.11. The van der Waals surface area contributed by atoms with Crippen LogP contribution in [-0.4, -0.2) is 51.6 Å². The Morgan fingerprint density at radius 2 is 1.84 bits per heavy atom. The number of nitrogens with zero attached hydrogens (tertiary/aromatic N) is 1. The van der Waals surface area contributed by atoms with Crippen LogP contribution in [0, 0.1) is 5.82 Å². The van der Waals surface area contributed by atoms with E-state index in [1.54, 1.807) is 25.2 Å². The summed E-state index contributed by atoms with van der Waals surface area (Å²) in [7, 11) is 3.11. The highest BCUT2D eigenvalue weighted by molar-refractivity contribution is 5.94. The summed E-state index contributed by atoms with van der Waals surface area (Å²) in [5.41, 5.74) is 0.0105. The van der Waals surface area contributed by atoms with Crippen molar-refractivity contribution in [1.29, 1.82) is 0 Å². The minimum atomic E-state index is -1.28. The van der Waals surface area contributed by atoms with Crippen LogP contribution >= 0.6 is 0 Å². The highest BCUT2D eigenvalue weighted by Gasteiger charge is 2.19. The van der Waals surface area contributed by atoms with Crippen LogP contribution in [0.25, 0.3) is 0 Å². The average Bonchev–Trinajstić information content (AvgIpc) is 2.38. The van der Waals surface area contributed by atoms with Crippen molar-refractivity contribution in [2.24, 2.45) is 0 Å². The molecular weight excluding hydrogens is 253 g/mol. The molecule has 0 aliphatic carbocycles. The van der Waals surface area contributed by atoms with Gasteiger partial charge in [-0.15, -0.1) is 0 Å². The number of halogens is 1. The molecule has 0 fully saturated rings. The zero-order valence-corrected chi connectivity index (χ0v) is 11.1. The summed E-state index contributed by atoms with van der Waals surface area (Å²) in [4.78, 5) is 12.9. The fraction of sp³-hybridized carbons (Fsp3) is 0.462. The van der Waals surface area contributed by atoms with E-state index in [4.69, 9.17) is 14.6 Å². The highest BCUT2D eigenvalue weighted by atomic mass is 19.1. The largest absolute Gasteiger partial charge is 0.478 e. The van der Waals surface area contributed by atoms with E-state index >= 15 is 0 Å². The van der Waals surface area contributed by atoms with E-state index in [0.717, 1.165) is 6.07 Å². The summed E-state index contributed by atoms with van der Waals surface area (Å²) in [6.45, 7) is 1.76. The molecule has 1 aromatic rings. The van der Waals surface area contributed by atoms with Gasteiger partial charge in [-0.05, 0) is 12.1 Å². The van der Waals surface area contributed by atoms with E-state index in [1.807, 2.05) is 0 Å². The number of carboxylic acids is 1. The van der Waals surface area contributed by atoms with Gasteiger partial charge in [-0.3, -0.25) is 0 Å². The molecule has 0 aromatic heterocycles. The fourth-order valence-corrected chi connectivity index (χ4v) is 1.74. The standard InChI is InChI=1S/C13H18FNO4/c1-18-8-6-15(7-9-19-2)11-5-3-4-10(14)12(11)13(16)17/h3-5H,6-9H2,1-2H3,(H,16,17). The average molecular weight is 271 g/mol. The monoisotopic (exact) mass is 271 g/mol. The number of aromatic carboxylic acids is 1. The van der Waals surface area contributed by atoms with Crippen molar-refractivity contribution in [2.45, 2.75) is 0 Å². The van der Waals surface area contributed by atoms with Crippen LogP contribution in [0.5, 0.6) is 0 Å². The maximum absolute atomic E-state index is 13.6. The topological polar surface area (TPSA) is 59.0 Å². The summed E-state index contributed by atoms with van der Waals surface area (Å²) in [6, 6.07) is 4.21. The molecule has 1 rings (SSSR count). The maximum atomic E-state index is 13.6. The number of carbonyl (C=O) groups is 1. The third-order valence-electron chi connectivity index (χ3n) is 2.68. The molecular formula is C13H18FNO4. The molecule has 0 radical (unpaired) electrons. The summed E-state index contributed by atoms with van der Waals surface area (Å²) in [6.07, 6.45) is 0. The van der Waals surface area contributed by atoms with Gasteiger partial charge in [0.05, 0.1) is 18.9 Å². The normalized spacial score (nSPS) is 10.5. The molecule has 0 heterocycles. The summed E-state index contributed by atoms with van der Waals surface area (Å²) in [5.74, 6) is -2.03. The zero-order chi connectivity index (χ0) is 14.3. The van der Waals surface area contributed by atoms with Gasteiger partial charge >= 0.3 is 5.97 Å². The van der Waals surface area contributed by atoms with Crippen molar-refractivity contribution in [3.8, 4) is 0 Å². The lowest BCUT2D eigenvalue weighted by Gasteiger charge is -2.25. The highest BCUT2D eigenvalue weighted by Crippen LogP contribution is 2.23. The van der Waals surface area contributed by atoms with Gasteiger partial charge in [0, 0.05) is 27.3 Å². The zero-order valence-electron chi connectivity index (χ0n) is 11.1. The van der Waals surface area contributed by atoms with Gasteiger partial charge in [-0.2, -0.15) is 0 Å². The molecule has 0 unspecified atom stereocenters. The molecule has 0 atom stereocenters. The minimum absolute atomic E-state index is 0.324. The number of ether oxygens (including phenoxy) is 2. The van der Waals surface area contributed by atoms with Gasteiger partial charge in [0.2, 0.25) is 0 Å². The van der Waals surface area contributed by atoms with Gasteiger partial charge < -0.3 is 19.5 Å². The van der Waals surface area contributed by atoms with Crippen molar-refractivity contribution in [1.82, 2.24) is 0 Å². The molecule has 1 aromatic carbocycles. The molecule has 6 heteroatoms. The minimum Gasteiger partial charge on any atom is -0.478 e. The number of anilines is 1. The van der Waals surface area contributed by atoms with E-state index in [0.29, 0.717) is 32.0 Å². The summed E-state index contributed by atoms with van der Waals surface area (Å²) in [5, 5.41) is 9.12. The SMILES string of the molecule is COCCN(CCOC)c1cccc(F)c1C(=O)O. The second-order valence-corrected chi connectivity index (χ2v) is 3.91. The van der Waals surface area contributed by atoms with Crippen LogP contribution in [0.1, 0.15) is 10.4 Å². The third-order valence-corrected chi connectivity index (χ3v) is 2.68. The summed E-state index contributed by atoms with van der Waals surface area (Å²) < 4.78 is 23.6. The van der Waals surface area contributed by atoms with Crippen molar-refractivity contribution in [2.75, 3.05) is 45.4 Å². The predicted octanol–water partition coefficient (Wildman–Crippen LogP) is 1.62. The Labute approximate surface area is 111 Å². The lowest BCUT2D eigenvalue weighted by atomic mass is 10.1. The van der Waals surface area contributed by atoms with Gasteiger partial charge in [-0.1, -0.05) is 6.07 Å². The first-order valence-electron chi connectivity index (χ1n) is 5.86. The number of carboxylic acid groups (broad SMARTS) is 1. The number of rotatable bonds is 8. The second kappa shape index (κ2) is 7.70. The lowest BCUT2D eigenvalue weighted by Crippen LogP contribution is -2.32. The molecule has 0 spiro atoms. The van der Waals surface area contributed by atoms with Crippen LogP contribution < -0.4 is 4.90 Å². The number of hydrogen-bond donors (Lipinski definition) is 1. The van der Waals surface area contributed by atoms with Gasteiger partial charge in [0.25, 0.3) is 0 Å². The van der Waals surface area contributed by atoms with Crippen LogP contribution in [0.4, 0.5) is 10.1 Å². The van der Waals surface area contributed by atoms with Gasteiger partial charge in [0.15, 0.2) is 0 Å². The molecule has 19 heavy (non-hydrogen) atoms. The van der Waals surface area contributed by atoms with E-state index < -0.39 is 11.8 Å². The Bertz CT molecular complexity index is 417. The van der Waals surface area contributed by atoms with E-state index in [1.165, 1.54) is 6.07 Å². The Balaban J connectivity index is 3.06. The molecule has 0 aliphatic heterocycles. The lowest BCUT2D eigenvalue weighted by molar-refractivity contribution is 0.0692. The van der Waals surface area contributed by atoms with Crippen LogP contribution in [0.2, 0.25) is 0 Å². The Morgan fingerprint density at radius 3 is 2.32 bits per heavy atom. The molecule has 0 amide bonds. The maximum Gasteiger partial charge on any atom is 0.340 e. The van der Waals surface area contributed by atoms with Crippen LogP contribution in [0.15, 0.2) is 18.2 Å². The summed E-state index contributed by atoms with van der Waals surface area (Å²) >= 11 is 0. The van der Waals surface area contributed by atoms with E-state index in [-0.39, 0.29) is 5.56 Å². The molecule has 106 valence electrons. The van der Waals surface area contributed by atoms with E-state index in [9.17, 15) is 9.18 Å². The number of hydrogen-bond acceptors (Lipinski definition) is 4. The molecule has 5 nitrogen and oxygen atoms in total. The molecule has 1 N–H and O–H groups in total. The Kier molecular flexibility index (Phi) is 6.24. The van der Waals surface area contributed by atoms with Crippen LogP contribution in [-0.2, 0) is 9.47 Å². The van der Waals surface area contributed by atoms with Gasteiger partial charge in [0.1, 0.15) is 11.4 Å². The number of benzene rings is 1. The van der Waals surface area contributed by atoms with E-state index in [2.05, 4.69) is 0 Å². The Morgan fingerprint density at radius 1 is 1.26 bits per heavy atom.